The van der Waals surface area contributed by atoms with Gasteiger partial charge in [-0.2, -0.15) is 0 Å². The summed E-state index contributed by atoms with van der Waals surface area (Å²) in [6, 6.07) is 9.25. The summed E-state index contributed by atoms with van der Waals surface area (Å²) in [6.07, 6.45) is 0.0775. The second-order valence-corrected chi connectivity index (χ2v) is 3.28. The van der Waals surface area contributed by atoms with Gasteiger partial charge in [-0.3, -0.25) is 4.79 Å². The van der Waals surface area contributed by atoms with Gasteiger partial charge in [-0.1, -0.05) is 18.2 Å². The van der Waals surface area contributed by atoms with Gasteiger partial charge < -0.3 is 14.8 Å². The summed E-state index contributed by atoms with van der Waals surface area (Å²) in [7, 11) is 0. The number of carbonyl (C=O) groups excluding carboxylic acids is 1. The molecule has 4 heteroatoms. The first-order valence-corrected chi connectivity index (χ1v) is 4.95. The lowest BCUT2D eigenvalue weighted by molar-refractivity contribution is -0.185. The molecule has 1 aromatic rings. The van der Waals surface area contributed by atoms with Crippen LogP contribution in [-0.2, 0) is 14.3 Å². The number of amides is 1. The highest BCUT2D eigenvalue weighted by Gasteiger charge is 2.22. The second-order valence-electron chi connectivity index (χ2n) is 3.28. The van der Waals surface area contributed by atoms with Gasteiger partial charge in [0.05, 0.1) is 13.2 Å². The van der Waals surface area contributed by atoms with Crippen LogP contribution in [0.3, 0.4) is 0 Å². The third-order valence-corrected chi connectivity index (χ3v) is 2.08. The number of ether oxygens (including phenoxy) is 2. The maximum absolute atomic E-state index is 11.6. The second kappa shape index (κ2) is 4.91. The predicted molar refractivity (Wildman–Crippen MR) is 55.4 cm³/mol. The molecule has 1 aliphatic rings. The van der Waals surface area contributed by atoms with Crippen LogP contribution in [0.1, 0.15) is 6.42 Å². The molecule has 0 unspecified atom stereocenters. The summed E-state index contributed by atoms with van der Waals surface area (Å²) in [5, 5.41) is 2.72. The average molecular weight is 207 g/mol. The van der Waals surface area contributed by atoms with E-state index in [-0.39, 0.29) is 5.91 Å². The molecule has 2 rings (SSSR count). The highest BCUT2D eigenvalue weighted by atomic mass is 16.7. The van der Waals surface area contributed by atoms with Crippen molar-refractivity contribution in [3.05, 3.63) is 30.3 Å². The van der Waals surface area contributed by atoms with E-state index < -0.39 is 6.29 Å². The van der Waals surface area contributed by atoms with E-state index >= 15 is 0 Å². The minimum Gasteiger partial charge on any atom is -0.344 e. The van der Waals surface area contributed by atoms with Crippen LogP contribution in [0.5, 0.6) is 0 Å². The van der Waals surface area contributed by atoms with E-state index in [1.165, 1.54) is 0 Å². The Balaban J connectivity index is 1.91. The van der Waals surface area contributed by atoms with Crippen LogP contribution >= 0.6 is 0 Å². The molecule has 1 N–H and O–H groups in total. The highest BCUT2D eigenvalue weighted by molar-refractivity contribution is 5.93. The largest absolute Gasteiger partial charge is 0.344 e. The molecule has 1 saturated heterocycles. The molecule has 0 aromatic heterocycles. The van der Waals surface area contributed by atoms with Crippen molar-refractivity contribution >= 4 is 11.6 Å². The molecule has 1 aromatic carbocycles. The van der Waals surface area contributed by atoms with Crippen LogP contribution in [0.25, 0.3) is 0 Å². The molecule has 0 radical (unpaired) electrons. The fraction of sp³-hybridized carbons (Fsp3) is 0.364. The molecular weight excluding hydrogens is 194 g/mol. The van der Waals surface area contributed by atoms with E-state index in [1.807, 2.05) is 30.3 Å². The van der Waals surface area contributed by atoms with Crippen molar-refractivity contribution in [1.82, 2.24) is 0 Å². The first-order chi connectivity index (χ1) is 7.36. The van der Waals surface area contributed by atoms with E-state index in [0.29, 0.717) is 13.2 Å². The number of hydrogen-bond acceptors (Lipinski definition) is 3. The summed E-state index contributed by atoms with van der Waals surface area (Å²) in [5.41, 5.74) is 0.750. The standard InChI is InChI=1S/C11H13NO3/c13-10(11-14-7-4-8-15-11)12-9-5-2-1-3-6-9/h1-3,5-6,11H,4,7-8H2,(H,12,13). The number of hydrogen-bond donors (Lipinski definition) is 1. The van der Waals surface area contributed by atoms with Crippen LogP contribution in [0, 0.1) is 0 Å². The lowest BCUT2D eigenvalue weighted by atomic mass is 10.3. The lowest BCUT2D eigenvalue weighted by Crippen LogP contribution is -2.36. The minimum absolute atomic E-state index is 0.249. The highest BCUT2D eigenvalue weighted by Crippen LogP contribution is 2.10. The minimum atomic E-state index is -0.765. The molecule has 0 bridgehead atoms. The quantitative estimate of drug-likeness (QED) is 0.797. The monoisotopic (exact) mass is 207 g/mol. The van der Waals surface area contributed by atoms with Gasteiger partial charge >= 0.3 is 0 Å². The first kappa shape index (κ1) is 10.1. The Morgan fingerprint density at radius 1 is 1.20 bits per heavy atom. The number of nitrogens with one attached hydrogen (secondary N) is 1. The van der Waals surface area contributed by atoms with Crippen LogP contribution in [0.2, 0.25) is 0 Å². The third-order valence-electron chi connectivity index (χ3n) is 2.08. The van der Waals surface area contributed by atoms with Gasteiger partial charge in [0.2, 0.25) is 6.29 Å². The zero-order valence-electron chi connectivity index (χ0n) is 8.31. The SMILES string of the molecule is O=C(Nc1ccccc1)C1OCCCO1. The molecular formula is C11H13NO3. The number of carbonyl (C=O) groups is 1. The summed E-state index contributed by atoms with van der Waals surface area (Å²) in [4.78, 5) is 11.6. The molecule has 80 valence electrons. The smallest absolute Gasteiger partial charge is 0.281 e. The maximum Gasteiger partial charge on any atom is 0.281 e. The van der Waals surface area contributed by atoms with Crippen molar-refractivity contribution in [2.45, 2.75) is 12.7 Å². The molecule has 1 fully saturated rings. The normalized spacial score (nSPS) is 17.3. The van der Waals surface area contributed by atoms with E-state index in [1.54, 1.807) is 0 Å². The fourth-order valence-electron chi connectivity index (χ4n) is 1.36. The lowest BCUT2D eigenvalue weighted by Gasteiger charge is -2.22. The third kappa shape index (κ3) is 2.78. The number of anilines is 1. The van der Waals surface area contributed by atoms with Gasteiger partial charge in [-0.25, -0.2) is 0 Å². The molecule has 0 spiro atoms. The van der Waals surface area contributed by atoms with Crippen LogP contribution in [-0.4, -0.2) is 25.4 Å². The number of rotatable bonds is 2. The molecule has 1 aliphatic heterocycles. The zero-order chi connectivity index (χ0) is 10.5. The Hall–Kier alpha value is -1.39. The number of para-hydroxylation sites is 1. The molecule has 0 atom stereocenters. The van der Waals surface area contributed by atoms with Gasteiger partial charge in [0.1, 0.15) is 0 Å². The number of benzene rings is 1. The van der Waals surface area contributed by atoms with Crippen molar-refractivity contribution in [2.75, 3.05) is 18.5 Å². The van der Waals surface area contributed by atoms with Gasteiger partial charge in [0, 0.05) is 5.69 Å². The summed E-state index contributed by atoms with van der Waals surface area (Å²) in [6.45, 7) is 1.15. The average Bonchev–Trinajstić information content (AvgIpc) is 2.31. The Kier molecular flexibility index (Phi) is 3.32. The molecule has 1 heterocycles. The van der Waals surface area contributed by atoms with Crippen LogP contribution < -0.4 is 5.32 Å². The topological polar surface area (TPSA) is 47.6 Å². The van der Waals surface area contributed by atoms with E-state index in [4.69, 9.17) is 9.47 Å². The zero-order valence-corrected chi connectivity index (χ0v) is 8.31. The Morgan fingerprint density at radius 3 is 2.53 bits per heavy atom. The van der Waals surface area contributed by atoms with Gasteiger partial charge in [0.15, 0.2) is 0 Å². The first-order valence-electron chi connectivity index (χ1n) is 4.95. The molecule has 15 heavy (non-hydrogen) atoms. The van der Waals surface area contributed by atoms with E-state index in [9.17, 15) is 4.79 Å². The van der Waals surface area contributed by atoms with Gasteiger partial charge in [-0.15, -0.1) is 0 Å². The Labute approximate surface area is 88.2 Å². The Bertz CT molecular complexity index is 320. The molecule has 4 nitrogen and oxygen atoms in total. The van der Waals surface area contributed by atoms with Crippen molar-refractivity contribution in [2.24, 2.45) is 0 Å². The summed E-state index contributed by atoms with van der Waals surface area (Å²) in [5.74, 6) is -0.249. The molecule has 1 amide bonds. The Morgan fingerprint density at radius 2 is 1.87 bits per heavy atom. The fourth-order valence-corrected chi connectivity index (χ4v) is 1.36. The van der Waals surface area contributed by atoms with Crippen LogP contribution in [0.4, 0.5) is 5.69 Å². The summed E-state index contributed by atoms with van der Waals surface area (Å²) >= 11 is 0. The van der Waals surface area contributed by atoms with Crippen molar-refractivity contribution in [1.29, 1.82) is 0 Å². The molecule has 0 saturated carbocycles. The van der Waals surface area contributed by atoms with E-state index in [0.717, 1.165) is 12.1 Å². The van der Waals surface area contributed by atoms with Crippen molar-refractivity contribution < 1.29 is 14.3 Å². The van der Waals surface area contributed by atoms with Crippen molar-refractivity contribution in [3.63, 3.8) is 0 Å². The predicted octanol–water partition coefficient (Wildman–Crippen LogP) is 1.39. The van der Waals surface area contributed by atoms with E-state index in [2.05, 4.69) is 5.32 Å². The van der Waals surface area contributed by atoms with Gasteiger partial charge in [0.25, 0.3) is 5.91 Å². The maximum atomic E-state index is 11.6. The van der Waals surface area contributed by atoms with Gasteiger partial charge in [-0.05, 0) is 18.6 Å². The van der Waals surface area contributed by atoms with Crippen LogP contribution in [0.15, 0.2) is 30.3 Å². The van der Waals surface area contributed by atoms with Crippen molar-refractivity contribution in [3.8, 4) is 0 Å². The summed E-state index contributed by atoms with van der Waals surface area (Å²) < 4.78 is 10.4. The molecule has 0 aliphatic carbocycles.